The van der Waals surface area contributed by atoms with Crippen molar-refractivity contribution >= 4 is 56.4 Å². The highest BCUT2D eigenvalue weighted by atomic mass is 35.5. The number of nitrogens with zero attached hydrogens (tertiary/aromatic N) is 3. The smallest absolute Gasteiger partial charge is 0.271 e. The molecular weight excluding hydrogens is 583 g/mol. The topological polar surface area (TPSA) is 139 Å². The molecule has 2 aromatic rings. The Morgan fingerprint density at radius 3 is 2.40 bits per heavy atom. The number of hydrogen-bond donors (Lipinski definition) is 1. The molecule has 14 heteroatoms. The third-order valence-electron chi connectivity index (χ3n) is 6.76. The van der Waals surface area contributed by atoms with Crippen LogP contribution in [0.15, 0.2) is 36.4 Å². The molecule has 1 saturated carbocycles. The van der Waals surface area contributed by atoms with Crippen molar-refractivity contribution in [3.05, 3.63) is 62.1 Å². The monoisotopic (exact) mass is 614 g/mol. The molecule has 3 rings (SSSR count). The number of sulfonamides is 1. The van der Waals surface area contributed by atoms with Crippen molar-refractivity contribution in [2.24, 2.45) is 0 Å². The SMILES string of the molecule is CC[C@@H](C(=O)NC1CCCC1)N(Cc1ccc(Cl)cc1Cl)C(=O)CN(c1cc([N+](=O)[O-])ccc1OC)S(C)(=O)=O. The van der Waals surface area contributed by atoms with Gasteiger partial charge in [0.25, 0.3) is 5.69 Å². The third kappa shape index (κ3) is 7.76. The Labute approximate surface area is 243 Å². The summed E-state index contributed by atoms with van der Waals surface area (Å²) in [4.78, 5) is 39.3. The number of benzene rings is 2. The number of carbonyl (C=O) groups excluding carboxylic acids is 2. The van der Waals surface area contributed by atoms with Gasteiger partial charge in [-0.25, -0.2) is 8.42 Å². The Bertz CT molecular complexity index is 1370. The van der Waals surface area contributed by atoms with Crippen molar-refractivity contribution in [1.29, 1.82) is 0 Å². The summed E-state index contributed by atoms with van der Waals surface area (Å²) in [6, 6.07) is 7.25. The van der Waals surface area contributed by atoms with Crippen LogP contribution in [0.4, 0.5) is 11.4 Å². The number of nitro groups is 1. The minimum atomic E-state index is -4.14. The maximum atomic E-state index is 13.9. The number of carbonyl (C=O) groups is 2. The zero-order valence-electron chi connectivity index (χ0n) is 22.4. The van der Waals surface area contributed by atoms with E-state index in [1.54, 1.807) is 19.1 Å². The molecule has 0 radical (unpaired) electrons. The first-order chi connectivity index (χ1) is 18.8. The summed E-state index contributed by atoms with van der Waals surface area (Å²) < 4.78 is 31.8. The molecular formula is C26H32Cl2N4O7S. The lowest BCUT2D eigenvalue weighted by Crippen LogP contribution is -2.53. The zero-order chi connectivity index (χ0) is 29.6. The lowest BCUT2D eigenvalue weighted by molar-refractivity contribution is -0.384. The van der Waals surface area contributed by atoms with Crippen LogP contribution < -0.4 is 14.4 Å². The summed E-state index contributed by atoms with van der Waals surface area (Å²) in [5.41, 5.74) is -0.0603. The van der Waals surface area contributed by atoms with Gasteiger partial charge in [0.15, 0.2) is 0 Å². The molecule has 1 atom stereocenters. The fraction of sp³-hybridized carbons (Fsp3) is 0.462. The molecule has 0 aromatic heterocycles. The summed E-state index contributed by atoms with van der Waals surface area (Å²) in [5.74, 6) is -1.05. The van der Waals surface area contributed by atoms with Gasteiger partial charge < -0.3 is 15.0 Å². The second-order valence-electron chi connectivity index (χ2n) is 9.55. The molecule has 1 fully saturated rings. The molecule has 0 spiro atoms. The largest absolute Gasteiger partial charge is 0.495 e. The van der Waals surface area contributed by atoms with E-state index in [4.69, 9.17) is 27.9 Å². The van der Waals surface area contributed by atoms with Crippen molar-refractivity contribution in [2.75, 3.05) is 24.2 Å². The van der Waals surface area contributed by atoms with Crippen LogP contribution >= 0.6 is 23.2 Å². The van der Waals surface area contributed by atoms with E-state index in [9.17, 15) is 28.1 Å². The van der Waals surface area contributed by atoms with Crippen LogP contribution in [-0.4, -0.2) is 62.0 Å². The van der Waals surface area contributed by atoms with E-state index in [-0.39, 0.29) is 47.1 Å². The number of non-ortho nitro benzene ring substituents is 1. The van der Waals surface area contributed by atoms with Crippen molar-refractivity contribution < 1.29 is 27.7 Å². The fourth-order valence-electron chi connectivity index (χ4n) is 4.70. The number of nitro benzene ring substituents is 1. The van der Waals surface area contributed by atoms with Crippen LogP contribution in [-0.2, 0) is 26.2 Å². The van der Waals surface area contributed by atoms with Gasteiger partial charge in [0, 0.05) is 34.8 Å². The molecule has 0 heterocycles. The molecule has 11 nitrogen and oxygen atoms in total. The quantitative estimate of drug-likeness (QED) is 0.273. The van der Waals surface area contributed by atoms with E-state index in [1.165, 1.54) is 30.2 Å². The van der Waals surface area contributed by atoms with Gasteiger partial charge in [-0.1, -0.05) is 49.0 Å². The van der Waals surface area contributed by atoms with Crippen molar-refractivity contribution in [3.8, 4) is 5.75 Å². The van der Waals surface area contributed by atoms with Crippen LogP contribution in [0.1, 0.15) is 44.6 Å². The van der Waals surface area contributed by atoms with Crippen LogP contribution in [0, 0.1) is 10.1 Å². The number of methoxy groups -OCH3 is 1. The van der Waals surface area contributed by atoms with E-state index in [2.05, 4.69) is 5.32 Å². The standard InChI is InChI=1S/C26H32Cl2N4O7S/c1-4-22(26(34)29-19-7-5-6-8-19)30(15-17-9-10-18(27)13-21(17)28)25(33)16-31(40(3,37)38)23-14-20(32(35)36)11-12-24(23)39-2/h9-14,19,22H,4-8,15-16H2,1-3H3,(H,29,34)/t22-/m0/s1. The minimum absolute atomic E-state index is 0.000677. The van der Waals surface area contributed by atoms with Gasteiger partial charge in [-0.2, -0.15) is 0 Å². The summed E-state index contributed by atoms with van der Waals surface area (Å²) in [5, 5.41) is 15.1. The average molecular weight is 616 g/mol. The molecule has 2 aromatic carbocycles. The molecule has 40 heavy (non-hydrogen) atoms. The Kier molecular flexibility index (Phi) is 10.6. The molecule has 218 valence electrons. The highest BCUT2D eigenvalue weighted by Crippen LogP contribution is 2.34. The molecule has 0 saturated heterocycles. The normalized spacial score (nSPS) is 14.4. The lowest BCUT2D eigenvalue weighted by Gasteiger charge is -2.33. The van der Waals surface area contributed by atoms with E-state index in [0.29, 0.717) is 10.6 Å². The van der Waals surface area contributed by atoms with Crippen LogP contribution in [0.3, 0.4) is 0 Å². The summed E-state index contributed by atoms with van der Waals surface area (Å²) in [7, 11) is -2.86. The first-order valence-electron chi connectivity index (χ1n) is 12.7. The van der Waals surface area contributed by atoms with Gasteiger partial charge in [-0.15, -0.1) is 0 Å². The Morgan fingerprint density at radius 2 is 1.85 bits per heavy atom. The summed E-state index contributed by atoms with van der Waals surface area (Å²) in [6.07, 6.45) is 4.80. The van der Waals surface area contributed by atoms with Crippen LogP contribution in [0.2, 0.25) is 10.0 Å². The molecule has 1 aliphatic rings. The van der Waals surface area contributed by atoms with Crippen molar-refractivity contribution in [2.45, 2.75) is 57.7 Å². The highest BCUT2D eigenvalue weighted by Gasteiger charge is 2.34. The maximum Gasteiger partial charge on any atom is 0.271 e. The molecule has 1 aliphatic carbocycles. The van der Waals surface area contributed by atoms with E-state index in [1.807, 2.05) is 0 Å². The number of nitrogens with one attached hydrogen (secondary N) is 1. The number of amides is 2. The lowest BCUT2D eigenvalue weighted by atomic mass is 10.1. The second-order valence-corrected chi connectivity index (χ2v) is 12.3. The molecule has 2 amide bonds. The van der Waals surface area contributed by atoms with Gasteiger partial charge in [-0.05, 0) is 43.0 Å². The number of halogens is 2. The predicted molar refractivity (Wildman–Crippen MR) is 153 cm³/mol. The summed E-state index contributed by atoms with van der Waals surface area (Å²) >= 11 is 12.4. The van der Waals surface area contributed by atoms with Gasteiger partial charge in [0.1, 0.15) is 24.0 Å². The third-order valence-corrected chi connectivity index (χ3v) is 8.48. The molecule has 0 aliphatic heterocycles. The molecule has 0 bridgehead atoms. The van der Waals surface area contributed by atoms with Gasteiger partial charge in [0.05, 0.1) is 18.3 Å². The Morgan fingerprint density at radius 1 is 1.18 bits per heavy atom. The minimum Gasteiger partial charge on any atom is -0.495 e. The average Bonchev–Trinajstić information content (AvgIpc) is 3.40. The second kappa shape index (κ2) is 13.5. The van der Waals surface area contributed by atoms with Gasteiger partial charge in [-0.3, -0.25) is 24.0 Å². The summed E-state index contributed by atoms with van der Waals surface area (Å²) in [6.45, 7) is 0.907. The van der Waals surface area contributed by atoms with E-state index < -0.39 is 33.4 Å². The van der Waals surface area contributed by atoms with E-state index >= 15 is 0 Å². The zero-order valence-corrected chi connectivity index (χ0v) is 24.8. The first kappa shape index (κ1) is 31.4. The van der Waals surface area contributed by atoms with E-state index in [0.717, 1.165) is 42.3 Å². The molecule has 0 unspecified atom stereocenters. The number of hydrogen-bond acceptors (Lipinski definition) is 7. The Balaban J connectivity index is 2.03. The van der Waals surface area contributed by atoms with Gasteiger partial charge >= 0.3 is 0 Å². The Hall–Kier alpha value is -3.09. The number of rotatable bonds is 12. The van der Waals surface area contributed by atoms with Crippen molar-refractivity contribution in [1.82, 2.24) is 10.2 Å². The predicted octanol–water partition coefficient (Wildman–Crippen LogP) is 4.54. The first-order valence-corrected chi connectivity index (χ1v) is 15.3. The maximum absolute atomic E-state index is 13.9. The molecule has 1 N–H and O–H groups in total. The van der Waals surface area contributed by atoms with Crippen molar-refractivity contribution in [3.63, 3.8) is 0 Å². The van der Waals surface area contributed by atoms with Crippen LogP contribution in [0.5, 0.6) is 5.75 Å². The van der Waals surface area contributed by atoms with Gasteiger partial charge in [0.2, 0.25) is 21.8 Å². The highest BCUT2D eigenvalue weighted by molar-refractivity contribution is 7.92. The van der Waals surface area contributed by atoms with Crippen LogP contribution in [0.25, 0.3) is 0 Å². The fourth-order valence-corrected chi connectivity index (χ4v) is 6.02. The number of anilines is 1. The number of ether oxygens (including phenoxy) is 1.